The maximum atomic E-state index is 6.29. The van der Waals surface area contributed by atoms with Crippen molar-refractivity contribution in [2.24, 2.45) is 5.73 Å². The molecule has 1 atom stereocenters. The minimum absolute atomic E-state index is 0.0260. The van der Waals surface area contributed by atoms with Gasteiger partial charge in [0.15, 0.2) is 0 Å². The molecule has 0 aromatic heterocycles. The second-order valence-electron chi connectivity index (χ2n) is 5.76. The fourth-order valence-corrected chi connectivity index (χ4v) is 3.21. The number of benzene rings is 2. The molecule has 0 fully saturated rings. The molecule has 0 radical (unpaired) electrons. The Bertz CT molecular complexity index is 497. The average molecular weight is 255 g/mol. The van der Waals surface area contributed by atoms with Gasteiger partial charge in [0.1, 0.15) is 0 Å². The molecule has 2 heteroatoms. The lowest BCUT2D eigenvalue weighted by Gasteiger charge is -2.18. The topological polar surface area (TPSA) is 26.0 Å². The van der Waals surface area contributed by atoms with E-state index in [1.54, 1.807) is 0 Å². The van der Waals surface area contributed by atoms with Gasteiger partial charge in [-0.2, -0.15) is 0 Å². The maximum absolute atomic E-state index is 6.29. The van der Waals surface area contributed by atoms with Crippen molar-refractivity contribution in [3.05, 3.63) is 65.7 Å². The van der Waals surface area contributed by atoms with E-state index >= 15 is 0 Å². The van der Waals surface area contributed by atoms with Gasteiger partial charge in [-0.3, -0.25) is 0 Å². The minimum Gasteiger partial charge on any atom is -0.320 e. The number of rotatable bonds is 3. The molecular formula is C16H21NSi. The summed E-state index contributed by atoms with van der Waals surface area (Å²) in [5, 5.41) is 1.48. The molecule has 0 heterocycles. The van der Waals surface area contributed by atoms with Crippen molar-refractivity contribution in [2.45, 2.75) is 25.7 Å². The van der Waals surface area contributed by atoms with E-state index in [2.05, 4.69) is 56.0 Å². The smallest absolute Gasteiger partial charge is 0.0775 e. The average Bonchev–Trinajstić information content (AvgIpc) is 2.38. The van der Waals surface area contributed by atoms with Crippen LogP contribution in [-0.2, 0) is 0 Å². The fourth-order valence-electron chi connectivity index (χ4n) is 2.04. The predicted molar refractivity (Wildman–Crippen MR) is 81.9 cm³/mol. The van der Waals surface area contributed by atoms with E-state index in [1.807, 2.05) is 18.2 Å². The summed E-state index contributed by atoms with van der Waals surface area (Å²) in [4.78, 5) is 0. The first-order chi connectivity index (χ1) is 8.48. The summed E-state index contributed by atoms with van der Waals surface area (Å²) in [7, 11) is -1.21. The van der Waals surface area contributed by atoms with Crippen molar-refractivity contribution in [1.82, 2.24) is 0 Å². The molecule has 0 saturated carbocycles. The number of nitrogens with two attached hydrogens (primary N) is 1. The third-order valence-electron chi connectivity index (χ3n) is 3.29. The van der Waals surface area contributed by atoms with Crippen LogP contribution in [0.3, 0.4) is 0 Å². The third-order valence-corrected chi connectivity index (χ3v) is 5.36. The molecule has 0 aliphatic heterocycles. The van der Waals surface area contributed by atoms with Crippen molar-refractivity contribution < 1.29 is 0 Å². The van der Waals surface area contributed by atoms with Crippen LogP contribution in [0.15, 0.2) is 54.6 Å². The fraction of sp³-hybridized carbons (Fsp3) is 0.250. The van der Waals surface area contributed by atoms with E-state index in [0.29, 0.717) is 0 Å². The second-order valence-corrected chi connectivity index (χ2v) is 10.8. The molecule has 1 nitrogen and oxygen atoms in total. The first-order valence-corrected chi connectivity index (χ1v) is 9.89. The van der Waals surface area contributed by atoms with E-state index in [4.69, 9.17) is 5.73 Å². The van der Waals surface area contributed by atoms with Crippen molar-refractivity contribution in [2.75, 3.05) is 0 Å². The summed E-state index contributed by atoms with van der Waals surface area (Å²) < 4.78 is 0. The zero-order chi connectivity index (χ0) is 13.2. The van der Waals surface area contributed by atoms with Crippen LogP contribution in [0.5, 0.6) is 0 Å². The summed E-state index contributed by atoms with van der Waals surface area (Å²) in [6, 6.07) is 19.0. The Morgan fingerprint density at radius 2 is 1.28 bits per heavy atom. The number of hydrogen-bond donors (Lipinski definition) is 1. The molecule has 2 N–H and O–H groups in total. The zero-order valence-electron chi connectivity index (χ0n) is 11.4. The predicted octanol–water partition coefficient (Wildman–Crippen LogP) is 3.28. The molecule has 94 valence electrons. The Labute approximate surface area is 111 Å². The Hall–Kier alpha value is -1.38. The maximum Gasteiger partial charge on any atom is 0.0775 e. The summed E-state index contributed by atoms with van der Waals surface area (Å²) in [5.74, 6) is 0. The normalized spacial score (nSPS) is 13.3. The molecule has 0 spiro atoms. The van der Waals surface area contributed by atoms with Crippen molar-refractivity contribution in [1.29, 1.82) is 0 Å². The molecule has 2 rings (SSSR count). The molecule has 0 aliphatic rings. The molecule has 1 unspecified atom stereocenters. The highest BCUT2D eigenvalue weighted by Gasteiger charge is 2.16. The largest absolute Gasteiger partial charge is 0.320 e. The van der Waals surface area contributed by atoms with E-state index < -0.39 is 8.07 Å². The van der Waals surface area contributed by atoms with E-state index in [1.165, 1.54) is 16.3 Å². The van der Waals surface area contributed by atoms with Crippen LogP contribution in [-0.4, -0.2) is 8.07 Å². The van der Waals surface area contributed by atoms with Gasteiger partial charge in [0, 0.05) is 0 Å². The quantitative estimate of drug-likeness (QED) is 0.837. The molecule has 18 heavy (non-hydrogen) atoms. The molecule has 0 aliphatic carbocycles. The molecular weight excluding hydrogens is 234 g/mol. The van der Waals surface area contributed by atoms with Gasteiger partial charge in [0.05, 0.1) is 14.1 Å². The highest BCUT2D eigenvalue weighted by Crippen LogP contribution is 2.18. The van der Waals surface area contributed by atoms with Gasteiger partial charge < -0.3 is 5.73 Å². The van der Waals surface area contributed by atoms with Crippen LogP contribution in [0.1, 0.15) is 17.2 Å². The van der Waals surface area contributed by atoms with E-state index in [9.17, 15) is 0 Å². The van der Waals surface area contributed by atoms with Gasteiger partial charge >= 0.3 is 0 Å². The van der Waals surface area contributed by atoms with Crippen molar-refractivity contribution >= 4 is 13.3 Å². The lowest BCUT2D eigenvalue weighted by atomic mass is 10.00. The van der Waals surface area contributed by atoms with E-state index in [0.717, 1.165) is 0 Å². The summed E-state index contributed by atoms with van der Waals surface area (Å²) in [5.41, 5.74) is 8.64. The van der Waals surface area contributed by atoms with Crippen LogP contribution in [0.2, 0.25) is 19.6 Å². The first kappa shape index (κ1) is 13.1. The Morgan fingerprint density at radius 3 is 1.78 bits per heavy atom. The van der Waals surface area contributed by atoms with Gasteiger partial charge in [0.25, 0.3) is 0 Å². The van der Waals surface area contributed by atoms with Crippen molar-refractivity contribution in [3.8, 4) is 0 Å². The highest BCUT2D eigenvalue weighted by molar-refractivity contribution is 6.88. The zero-order valence-corrected chi connectivity index (χ0v) is 12.4. The van der Waals surface area contributed by atoms with E-state index in [-0.39, 0.29) is 6.04 Å². The molecule has 2 aromatic rings. The minimum atomic E-state index is -1.21. The van der Waals surface area contributed by atoms with Gasteiger partial charge in [-0.15, -0.1) is 0 Å². The van der Waals surface area contributed by atoms with Gasteiger partial charge in [-0.25, -0.2) is 0 Å². The van der Waals surface area contributed by atoms with Gasteiger partial charge in [0.2, 0.25) is 0 Å². The summed E-state index contributed by atoms with van der Waals surface area (Å²) in [6.07, 6.45) is 0. The molecule has 0 bridgehead atoms. The van der Waals surface area contributed by atoms with Crippen LogP contribution < -0.4 is 10.9 Å². The van der Waals surface area contributed by atoms with Gasteiger partial charge in [-0.1, -0.05) is 79.4 Å². The molecule has 0 amide bonds. The van der Waals surface area contributed by atoms with Crippen LogP contribution >= 0.6 is 0 Å². The second kappa shape index (κ2) is 5.08. The van der Waals surface area contributed by atoms with Crippen molar-refractivity contribution in [3.63, 3.8) is 0 Å². The Balaban J connectivity index is 2.25. The van der Waals surface area contributed by atoms with Crippen LogP contribution in [0, 0.1) is 0 Å². The monoisotopic (exact) mass is 255 g/mol. The SMILES string of the molecule is C[Si](C)(C)c1ccc(C(N)c2ccccc2)cc1. The Kier molecular flexibility index (Phi) is 3.69. The lowest BCUT2D eigenvalue weighted by molar-refractivity contribution is 0.872. The number of hydrogen-bond acceptors (Lipinski definition) is 1. The summed E-state index contributed by atoms with van der Waals surface area (Å²) in [6.45, 7) is 7.08. The highest BCUT2D eigenvalue weighted by atomic mass is 28.3. The first-order valence-electron chi connectivity index (χ1n) is 6.39. The lowest BCUT2D eigenvalue weighted by Crippen LogP contribution is -2.37. The molecule has 0 saturated heterocycles. The van der Waals surface area contributed by atoms with Crippen LogP contribution in [0.25, 0.3) is 0 Å². The Morgan fingerprint density at radius 1 is 0.778 bits per heavy atom. The van der Waals surface area contributed by atoms with Gasteiger partial charge in [-0.05, 0) is 11.1 Å². The third kappa shape index (κ3) is 2.89. The summed E-state index contributed by atoms with van der Waals surface area (Å²) >= 11 is 0. The standard InChI is InChI=1S/C16H21NSi/c1-18(2,3)15-11-9-14(10-12-15)16(17)13-7-5-4-6-8-13/h4-12,16H,17H2,1-3H3. The van der Waals surface area contributed by atoms with Crippen LogP contribution in [0.4, 0.5) is 0 Å². The molecule has 2 aromatic carbocycles.